The molecule has 6 heteroatoms. The third-order valence-electron chi connectivity index (χ3n) is 3.06. The second kappa shape index (κ2) is 4.65. The summed E-state index contributed by atoms with van der Waals surface area (Å²) in [5, 5.41) is 18.1. The summed E-state index contributed by atoms with van der Waals surface area (Å²) in [6, 6.07) is 10.7. The SMILES string of the molecule is Cn1cccc1C(=O)N=Nc1c(O)[nH]c2ccccc12. The van der Waals surface area contributed by atoms with Gasteiger partial charge in [-0.05, 0) is 18.2 Å². The topological polar surface area (TPSA) is 82.7 Å². The van der Waals surface area contributed by atoms with Crippen LogP contribution in [-0.2, 0) is 7.05 Å². The molecule has 0 aliphatic carbocycles. The fraction of sp³-hybridized carbons (Fsp3) is 0.0714. The largest absolute Gasteiger partial charge is 0.493 e. The number of nitrogens with one attached hydrogen (secondary N) is 1. The first kappa shape index (κ1) is 12.2. The zero-order valence-electron chi connectivity index (χ0n) is 10.7. The average molecular weight is 268 g/mol. The van der Waals surface area contributed by atoms with Crippen LogP contribution in [0.5, 0.6) is 5.88 Å². The van der Waals surface area contributed by atoms with Crippen LogP contribution in [0.4, 0.5) is 5.69 Å². The van der Waals surface area contributed by atoms with Gasteiger partial charge in [-0.25, -0.2) is 0 Å². The lowest BCUT2D eigenvalue weighted by molar-refractivity contribution is 0.0987. The van der Waals surface area contributed by atoms with Crippen LogP contribution < -0.4 is 0 Å². The first-order chi connectivity index (χ1) is 9.66. The molecule has 1 amide bonds. The van der Waals surface area contributed by atoms with Gasteiger partial charge in [-0.3, -0.25) is 4.79 Å². The van der Waals surface area contributed by atoms with Gasteiger partial charge in [-0.15, -0.1) is 10.2 Å². The van der Waals surface area contributed by atoms with Gasteiger partial charge < -0.3 is 14.7 Å². The molecule has 0 atom stereocenters. The van der Waals surface area contributed by atoms with E-state index in [1.807, 2.05) is 18.2 Å². The molecule has 2 aromatic heterocycles. The Kier molecular flexibility index (Phi) is 2.83. The normalized spacial score (nSPS) is 11.4. The second-order valence-electron chi connectivity index (χ2n) is 4.38. The molecular weight excluding hydrogens is 256 g/mol. The Morgan fingerprint density at radius 2 is 2.05 bits per heavy atom. The lowest BCUT2D eigenvalue weighted by Gasteiger charge is -1.96. The van der Waals surface area contributed by atoms with Crippen LogP contribution >= 0.6 is 0 Å². The van der Waals surface area contributed by atoms with Gasteiger partial charge in [-0.2, -0.15) is 0 Å². The van der Waals surface area contributed by atoms with E-state index in [-0.39, 0.29) is 11.6 Å². The molecule has 0 saturated carbocycles. The molecule has 0 saturated heterocycles. The van der Waals surface area contributed by atoms with Gasteiger partial charge in [0.1, 0.15) is 5.69 Å². The fourth-order valence-electron chi connectivity index (χ4n) is 2.04. The molecule has 1 aromatic carbocycles. The number of benzene rings is 1. The summed E-state index contributed by atoms with van der Waals surface area (Å²) in [4.78, 5) is 14.7. The number of hydrogen-bond acceptors (Lipinski definition) is 3. The van der Waals surface area contributed by atoms with Gasteiger partial charge in [0.25, 0.3) is 0 Å². The van der Waals surface area contributed by atoms with Crippen LogP contribution in [0.25, 0.3) is 10.9 Å². The van der Waals surface area contributed by atoms with E-state index in [9.17, 15) is 9.90 Å². The molecule has 0 radical (unpaired) electrons. The smallest absolute Gasteiger partial charge is 0.311 e. The lowest BCUT2D eigenvalue weighted by atomic mass is 10.2. The molecule has 6 nitrogen and oxygen atoms in total. The Morgan fingerprint density at radius 3 is 2.80 bits per heavy atom. The quantitative estimate of drug-likeness (QED) is 0.700. The van der Waals surface area contributed by atoms with Gasteiger partial charge in [0.2, 0.25) is 5.88 Å². The Balaban J connectivity index is 1.97. The molecule has 100 valence electrons. The molecule has 0 bridgehead atoms. The van der Waals surface area contributed by atoms with Crippen molar-refractivity contribution in [3.05, 3.63) is 48.3 Å². The molecule has 0 unspecified atom stereocenters. The van der Waals surface area contributed by atoms with Crippen molar-refractivity contribution in [1.29, 1.82) is 0 Å². The van der Waals surface area contributed by atoms with E-state index in [4.69, 9.17) is 0 Å². The molecule has 0 aliphatic heterocycles. The van der Waals surface area contributed by atoms with Gasteiger partial charge in [0, 0.05) is 18.6 Å². The maximum Gasteiger partial charge on any atom is 0.311 e. The molecule has 0 spiro atoms. The van der Waals surface area contributed by atoms with Crippen molar-refractivity contribution in [2.24, 2.45) is 17.3 Å². The maximum atomic E-state index is 11.9. The van der Waals surface area contributed by atoms with Gasteiger partial charge in [-0.1, -0.05) is 18.2 Å². The third-order valence-corrected chi connectivity index (χ3v) is 3.06. The summed E-state index contributed by atoms with van der Waals surface area (Å²) in [6.07, 6.45) is 1.76. The van der Waals surface area contributed by atoms with Crippen molar-refractivity contribution in [1.82, 2.24) is 9.55 Å². The van der Waals surface area contributed by atoms with Gasteiger partial charge >= 0.3 is 5.91 Å². The van der Waals surface area contributed by atoms with Crippen molar-refractivity contribution in [3.63, 3.8) is 0 Å². The zero-order valence-corrected chi connectivity index (χ0v) is 10.7. The number of hydrogen-bond donors (Lipinski definition) is 2. The van der Waals surface area contributed by atoms with Crippen LogP contribution in [-0.4, -0.2) is 20.6 Å². The van der Waals surface area contributed by atoms with Crippen molar-refractivity contribution < 1.29 is 9.90 Å². The molecule has 3 aromatic rings. The molecule has 3 rings (SSSR count). The molecule has 0 fully saturated rings. The summed E-state index contributed by atoms with van der Waals surface area (Å²) < 4.78 is 1.66. The van der Waals surface area contributed by atoms with Crippen LogP contribution in [0.2, 0.25) is 0 Å². The van der Waals surface area contributed by atoms with E-state index in [0.29, 0.717) is 11.1 Å². The Bertz CT molecular complexity index is 814. The van der Waals surface area contributed by atoms with E-state index in [1.54, 1.807) is 36.0 Å². The summed E-state index contributed by atoms with van der Waals surface area (Å²) >= 11 is 0. The number of aromatic nitrogens is 2. The van der Waals surface area contributed by atoms with Gasteiger partial charge in [0.15, 0.2) is 5.69 Å². The number of carbonyl (C=O) groups excluding carboxylic acids is 1. The molecule has 2 heterocycles. The number of carbonyl (C=O) groups is 1. The van der Waals surface area contributed by atoms with Crippen LogP contribution in [0, 0.1) is 0 Å². The lowest BCUT2D eigenvalue weighted by Crippen LogP contribution is -2.01. The molecule has 2 N–H and O–H groups in total. The van der Waals surface area contributed by atoms with E-state index < -0.39 is 5.91 Å². The predicted octanol–water partition coefficient (Wildman–Crippen LogP) is 3.14. The highest BCUT2D eigenvalue weighted by Crippen LogP contribution is 2.35. The fourth-order valence-corrected chi connectivity index (χ4v) is 2.04. The van der Waals surface area contributed by atoms with Crippen molar-refractivity contribution in [3.8, 4) is 5.88 Å². The maximum absolute atomic E-state index is 11.9. The standard InChI is InChI=1S/C14H12N4O2/c1-18-8-4-7-11(18)13(19)17-16-12-9-5-2-3-6-10(9)15-14(12)20/h2-8,15,20H,1H3. The predicted molar refractivity (Wildman–Crippen MR) is 74.2 cm³/mol. The number of aromatic amines is 1. The molecule has 20 heavy (non-hydrogen) atoms. The summed E-state index contributed by atoms with van der Waals surface area (Å²) in [7, 11) is 1.76. The number of rotatable bonds is 2. The Labute approximate surface area is 114 Å². The Hall–Kier alpha value is -2.89. The highest BCUT2D eigenvalue weighted by atomic mass is 16.3. The van der Waals surface area contributed by atoms with E-state index in [0.717, 1.165) is 5.52 Å². The molecule has 0 aliphatic rings. The number of fused-ring (bicyclic) bond motifs is 1. The minimum Gasteiger partial charge on any atom is -0.493 e. The highest BCUT2D eigenvalue weighted by molar-refractivity contribution is 5.96. The van der Waals surface area contributed by atoms with Crippen molar-refractivity contribution in [2.45, 2.75) is 0 Å². The first-order valence-corrected chi connectivity index (χ1v) is 6.04. The number of aromatic hydroxyl groups is 1. The van der Waals surface area contributed by atoms with E-state index in [1.165, 1.54) is 0 Å². The minimum atomic E-state index is -0.456. The van der Waals surface area contributed by atoms with Gasteiger partial charge in [0.05, 0.1) is 5.52 Å². The number of para-hydroxylation sites is 1. The van der Waals surface area contributed by atoms with Crippen LogP contribution in [0.3, 0.4) is 0 Å². The van der Waals surface area contributed by atoms with Crippen molar-refractivity contribution >= 4 is 22.5 Å². The van der Waals surface area contributed by atoms with Crippen molar-refractivity contribution in [2.75, 3.05) is 0 Å². The number of amides is 1. The monoisotopic (exact) mass is 268 g/mol. The Morgan fingerprint density at radius 1 is 1.25 bits per heavy atom. The highest BCUT2D eigenvalue weighted by Gasteiger charge is 2.11. The number of azo groups is 1. The first-order valence-electron chi connectivity index (χ1n) is 6.04. The zero-order chi connectivity index (χ0) is 14.1. The van der Waals surface area contributed by atoms with E-state index in [2.05, 4.69) is 15.2 Å². The minimum absolute atomic E-state index is 0.102. The number of H-pyrrole nitrogens is 1. The van der Waals surface area contributed by atoms with Crippen LogP contribution in [0.15, 0.2) is 52.8 Å². The summed E-state index contributed by atoms with van der Waals surface area (Å²) in [5.41, 5.74) is 1.45. The molecular formula is C14H12N4O2. The second-order valence-corrected chi connectivity index (χ2v) is 4.38. The summed E-state index contributed by atoms with van der Waals surface area (Å²) in [5.74, 6) is -0.559. The number of nitrogens with zero attached hydrogens (tertiary/aromatic N) is 3. The third kappa shape index (κ3) is 1.97. The van der Waals surface area contributed by atoms with Crippen LogP contribution in [0.1, 0.15) is 10.5 Å². The average Bonchev–Trinajstić information content (AvgIpc) is 2.99. The number of aryl methyl sites for hydroxylation is 1. The van der Waals surface area contributed by atoms with E-state index >= 15 is 0 Å². The summed E-state index contributed by atoms with van der Waals surface area (Å²) in [6.45, 7) is 0.